The van der Waals surface area contributed by atoms with Crippen LogP contribution in [0.15, 0.2) is 6.20 Å². The summed E-state index contributed by atoms with van der Waals surface area (Å²) in [4.78, 5) is 0. The molecule has 1 aromatic heterocycles. The van der Waals surface area contributed by atoms with E-state index in [1.54, 1.807) is 6.20 Å². The predicted molar refractivity (Wildman–Crippen MR) is 19.8 cm³/mol. The summed E-state index contributed by atoms with van der Waals surface area (Å²) in [6.45, 7) is 0. The van der Waals surface area contributed by atoms with Crippen molar-refractivity contribution in [1.82, 2.24) is 4.37 Å². The van der Waals surface area contributed by atoms with Crippen LogP contribution in [0.25, 0.3) is 0 Å². The molecule has 2 radical (unpaired) electrons. The minimum atomic E-state index is 1.28. The monoisotopic (exact) mass is 83.0 g/mol. The largest absolute Gasteiger partial charge is 0.200 e. The maximum atomic E-state index is 3.65. The smallest absolute Gasteiger partial charge is 0.0751 e. The molecule has 0 saturated heterocycles. The molecule has 5 heavy (non-hydrogen) atoms. The molecule has 0 unspecified atom stereocenters. The van der Waals surface area contributed by atoms with E-state index in [2.05, 4.69) is 15.8 Å². The molecule has 0 amide bonds. The molecule has 0 atom stereocenters. The van der Waals surface area contributed by atoms with Gasteiger partial charge in [-0.15, -0.1) is 0 Å². The minimum absolute atomic E-state index is 1.28. The molecule has 1 heterocycles. The Morgan fingerprint density at radius 3 is 3.00 bits per heavy atom. The Labute approximate surface area is 34.4 Å². The molecule has 0 N–H and O–H groups in total. The van der Waals surface area contributed by atoms with Crippen molar-refractivity contribution in [3.05, 3.63) is 17.6 Å². The number of aromatic nitrogens is 1. The second kappa shape index (κ2) is 1.17. The van der Waals surface area contributed by atoms with Crippen LogP contribution in [-0.4, -0.2) is 4.37 Å². The molecule has 24 valence electrons. The van der Waals surface area contributed by atoms with Gasteiger partial charge in [0, 0.05) is 12.3 Å². The van der Waals surface area contributed by atoms with Crippen molar-refractivity contribution in [2.45, 2.75) is 0 Å². The number of nitrogens with zero attached hydrogens (tertiary/aromatic N) is 1. The number of rotatable bonds is 0. The van der Waals surface area contributed by atoms with Crippen molar-refractivity contribution in [3.8, 4) is 0 Å². The van der Waals surface area contributed by atoms with E-state index in [0.29, 0.717) is 0 Å². The summed E-state index contributed by atoms with van der Waals surface area (Å²) in [7, 11) is 0. The normalized spacial score (nSPS) is 8.00. The molecule has 0 spiro atoms. The number of hydrogen-bond acceptors (Lipinski definition) is 2. The van der Waals surface area contributed by atoms with Crippen LogP contribution in [0.3, 0.4) is 0 Å². The van der Waals surface area contributed by atoms with Crippen molar-refractivity contribution in [2.24, 2.45) is 0 Å². The van der Waals surface area contributed by atoms with E-state index in [-0.39, 0.29) is 0 Å². The summed E-state index contributed by atoms with van der Waals surface area (Å²) < 4.78 is 3.65. The molecule has 0 fully saturated rings. The third-order valence-corrected chi connectivity index (χ3v) is 0.694. The quantitative estimate of drug-likeness (QED) is 0.451. The van der Waals surface area contributed by atoms with Crippen molar-refractivity contribution >= 4 is 11.5 Å². The van der Waals surface area contributed by atoms with E-state index >= 15 is 0 Å². The Morgan fingerprint density at radius 1 is 1.80 bits per heavy atom. The standard InChI is InChI=1S/C3HNS/c1-2-4-5-3-1/h2H. The topological polar surface area (TPSA) is 12.9 Å². The van der Waals surface area contributed by atoms with Gasteiger partial charge in [-0.05, 0) is 11.5 Å². The fraction of sp³-hybridized carbons (Fsp3) is 0. The summed E-state index contributed by atoms with van der Waals surface area (Å²) in [5.41, 5.74) is 0. The molecule has 1 aromatic rings. The lowest BCUT2D eigenvalue weighted by Crippen LogP contribution is -1.33. The van der Waals surface area contributed by atoms with Gasteiger partial charge in [0.25, 0.3) is 0 Å². The highest BCUT2D eigenvalue weighted by molar-refractivity contribution is 7.02. The van der Waals surface area contributed by atoms with Crippen LogP contribution in [0.2, 0.25) is 0 Å². The average Bonchev–Trinajstić information content (AvgIpc) is 1.76. The summed E-state index contributed by atoms with van der Waals surface area (Å²) >= 11 is 1.28. The molecular formula is C3HNS. The van der Waals surface area contributed by atoms with E-state index in [1.807, 2.05) is 0 Å². The highest BCUT2D eigenvalue weighted by atomic mass is 32.1. The summed E-state index contributed by atoms with van der Waals surface area (Å²) in [6, 6.07) is 2.64. The molecule has 0 aromatic carbocycles. The van der Waals surface area contributed by atoms with Crippen molar-refractivity contribution < 1.29 is 0 Å². The lowest BCUT2D eigenvalue weighted by molar-refractivity contribution is 1.58. The van der Waals surface area contributed by atoms with Gasteiger partial charge in [0.15, 0.2) is 0 Å². The SMILES string of the molecule is [c]1[c]snc1. The lowest BCUT2D eigenvalue weighted by Gasteiger charge is -1.40. The summed E-state index contributed by atoms with van der Waals surface area (Å²) in [5, 5.41) is 2.67. The van der Waals surface area contributed by atoms with Crippen molar-refractivity contribution in [2.75, 3.05) is 0 Å². The van der Waals surface area contributed by atoms with Crippen LogP contribution in [0.1, 0.15) is 0 Å². The maximum absolute atomic E-state index is 3.65. The molecule has 1 nitrogen and oxygen atoms in total. The van der Waals surface area contributed by atoms with Crippen LogP contribution in [0.5, 0.6) is 0 Å². The van der Waals surface area contributed by atoms with E-state index in [0.717, 1.165) is 0 Å². The first-order valence-corrected chi connectivity index (χ1v) is 1.96. The van der Waals surface area contributed by atoms with Crippen LogP contribution in [0.4, 0.5) is 0 Å². The number of hydrogen-bond donors (Lipinski definition) is 0. The fourth-order valence-electron chi connectivity index (χ4n) is 0.132. The third kappa shape index (κ3) is 0.450. The van der Waals surface area contributed by atoms with Crippen molar-refractivity contribution in [3.63, 3.8) is 0 Å². The zero-order valence-electron chi connectivity index (χ0n) is 2.43. The second-order valence-corrected chi connectivity index (χ2v) is 1.17. The molecule has 0 saturated carbocycles. The third-order valence-electron chi connectivity index (χ3n) is 0.275. The van der Waals surface area contributed by atoms with Gasteiger partial charge in [0.1, 0.15) is 0 Å². The van der Waals surface area contributed by atoms with Gasteiger partial charge in [-0.1, -0.05) is 0 Å². The molecule has 1 rings (SSSR count). The second-order valence-electron chi connectivity index (χ2n) is 0.572. The van der Waals surface area contributed by atoms with E-state index < -0.39 is 0 Å². The zero-order valence-corrected chi connectivity index (χ0v) is 3.25. The molecule has 0 aliphatic rings. The van der Waals surface area contributed by atoms with Crippen molar-refractivity contribution in [1.29, 1.82) is 0 Å². The molecule has 2 heteroatoms. The molecular weight excluding hydrogens is 82.1 g/mol. The summed E-state index contributed by atoms with van der Waals surface area (Å²) in [6.07, 6.45) is 1.59. The first-order valence-electron chi connectivity index (χ1n) is 1.18. The Morgan fingerprint density at radius 2 is 2.80 bits per heavy atom. The molecule has 0 bridgehead atoms. The molecule has 0 aliphatic carbocycles. The van der Waals surface area contributed by atoms with Gasteiger partial charge in [-0.25, -0.2) is 0 Å². The maximum Gasteiger partial charge on any atom is 0.0751 e. The average molecular weight is 83.1 g/mol. The van der Waals surface area contributed by atoms with Gasteiger partial charge in [0.05, 0.1) is 5.38 Å². The highest BCUT2D eigenvalue weighted by Crippen LogP contribution is 1.80. The van der Waals surface area contributed by atoms with Gasteiger partial charge in [0.2, 0.25) is 0 Å². The Bertz CT molecular complexity index is 63.4. The van der Waals surface area contributed by atoms with Gasteiger partial charge >= 0.3 is 0 Å². The predicted octanol–water partition coefficient (Wildman–Crippen LogP) is 0.743. The summed E-state index contributed by atoms with van der Waals surface area (Å²) in [5.74, 6) is 0. The van der Waals surface area contributed by atoms with Crippen LogP contribution < -0.4 is 0 Å². The Balaban J connectivity index is 3.13. The first kappa shape index (κ1) is 2.85. The van der Waals surface area contributed by atoms with Crippen LogP contribution >= 0.6 is 11.5 Å². The molecule has 0 aliphatic heterocycles. The Kier molecular flexibility index (Phi) is 0.667. The lowest BCUT2D eigenvalue weighted by atomic mass is 10.8. The first-order chi connectivity index (χ1) is 2.50. The van der Waals surface area contributed by atoms with Crippen LogP contribution in [0, 0.1) is 11.4 Å². The highest BCUT2D eigenvalue weighted by Gasteiger charge is 1.62. The van der Waals surface area contributed by atoms with Gasteiger partial charge < -0.3 is 0 Å². The fourth-order valence-corrected chi connectivity index (χ4v) is 0.395. The van der Waals surface area contributed by atoms with Gasteiger partial charge in [-0.2, -0.15) is 4.37 Å². The minimum Gasteiger partial charge on any atom is -0.200 e. The van der Waals surface area contributed by atoms with E-state index in [9.17, 15) is 0 Å². The van der Waals surface area contributed by atoms with Crippen LogP contribution in [-0.2, 0) is 0 Å². The zero-order chi connectivity index (χ0) is 3.54. The Hall–Kier alpha value is -0.370. The van der Waals surface area contributed by atoms with E-state index in [4.69, 9.17) is 0 Å². The van der Waals surface area contributed by atoms with E-state index in [1.165, 1.54) is 11.5 Å². The van der Waals surface area contributed by atoms with Gasteiger partial charge in [-0.3, -0.25) is 0 Å².